The number of aryl methyl sites for hydroxylation is 2. The highest BCUT2D eigenvalue weighted by atomic mass is 16.5. The number of nitrogens with one attached hydrogen (secondary N) is 1. The van der Waals surface area contributed by atoms with Gasteiger partial charge in [-0.15, -0.1) is 0 Å². The largest absolute Gasteiger partial charge is 0.491 e. The molecule has 0 amide bonds. The molecule has 19 heavy (non-hydrogen) atoms. The first-order chi connectivity index (χ1) is 9.06. The maximum absolute atomic E-state index is 5.81. The average molecular weight is 259 g/mol. The Morgan fingerprint density at radius 2 is 2.05 bits per heavy atom. The third-order valence-corrected chi connectivity index (χ3v) is 2.82. The lowest BCUT2D eigenvalue weighted by Crippen LogP contribution is -2.09. The predicted molar refractivity (Wildman–Crippen MR) is 77.5 cm³/mol. The van der Waals surface area contributed by atoms with E-state index in [4.69, 9.17) is 4.74 Å². The Hall–Kier alpha value is -1.97. The molecule has 0 fully saturated rings. The molecule has 102 valence electrons. The first-order valence-electron chi connectivity index (χ1n) is 6.55. The Kier molecular flexibility index (Phi) is 4.10. The molecular formula is C15H21N3O. The summed E-state index contributed by atoms with van der Waals surface area (Å²) >= 11 is 0. The van der Waals surface area contributed by atoms with E-state index in [1.54, 1.807) is 0 Å². The molecule has 2 aromatic rings. The Morgan fingerprint density at radius 1 is 1.32 bits per heavy atom. The summed E-state index contributed by atoms with van der Waals surface area (Å²) in [7, 11) is 1.92. The van der Waals surface area contributed by atoms with Gasteiger partial charge in [-0.3, -0.25) is 4.68 Å². The van der Waals surface area contributed by atoms with Crippen LogP contribution in [0, 0.1) is 6.92 Å². The lowest BCUT2D eigenvalue weighted by atomic mass is 10.2. The molecule has 0 unspecified atom stereocenters. The molecule has 1 aromatic carbocycles. The van der Waals surface area contributed by atoms with Crippen molar-refractivity contribution in [3.8, 4) is 5.75 Å². The van der Waals surface area contributed by atoms with Crippen LogP contribution >= 0.6 is 0 Å². The van der Waals surface area contributed by atoms with Gasteiger partial charge in [-0.05, 0) is 26.8 Å². The zero-order valence-corrected chi connectivity index (χ0v) is 12.0. The van der Waals surface area contributed by atoms with Gasteiger partial charge >= 0.3 is 0 Å². The van der Waals surface area contributed by atoms with Crippen molar-refractivity contribution >= 4 is 5.69 Å². The second kappa shape index (κ2) is 5.78. The van der Waals surface area contributed by atoms with Crippen molar-refractivity contribution in [2.24, 2.45) is 7.05 Å². The normalized spacial score (nSPS) is 10.8. The second-order valence-corrected chi connectivity index (χ2v) is 4.93. The lowest BCUT2D eigenvalue weighted by Gasteiger charge is -2.14. The lowest BCUT2D eigenvalue weighted by molar-refractivity contribution is 0.240. The van der Waals surface area contributed by atoms with Crippen LogP contribution in [0.2, 0.25) is 0 Å². The Morgan fingerprint density at radius 3 is 2.68 bits per heavy atom. The number of benzene rings is 1. The first kappa shape index (κ1) is 13.5. The van der Waals surface area contributed by atoms with Gasteiger partial charge in [0.2, 0.25) is 0 Å². The number of para-hydroxylation sites is 1. The molecule has 0 saturated heterocycles. The zero-order chi connectivity index (χ0) is 13.8. The number of aromatic nitrogens is 2. The van der Waals surface area contributed by atoms with Gasteiger partial charge in [0.25, 0.3) is 0 Å². The molecule has 0 radical (unpaired) electrons. The standard InChI is InChI=1S/C15H21N3O/c1-11(2)19-15-8-6-5-7-13(15)9-16-14-10-18(4)17-12(14)3/h5-8,10-11,16H,9H2,1-4H3. The van der Waals surface area contributed by atoms with Crippen LogP contribution in [-0.4, -0.2) is 15.9 Å². The van der Waals surface area contributed by atoms with E-state index >= 15 is 0 Å². The van der Waals surface area contributed by atoms with E-state index in [1.807, 2.05) is 56.9 Å². The summed E-state index contributed by atoms with van der Waals surface area (Å²) in [6.45, 7) is 6.80. The molecule has 0 saturated carbocycles. The molecule has 4 heteroatoms. The molecule has 2 rings (SSSR count). The van der Waals surface area contributed by atoms with Crippen LogP contribution in [-0.2, 0) is 13.6 Å². The summed E-state index contributed by atoms with van der Waals surface area (Å²) in [4.78, 5) is 0. The number of ether oxygens (including phenoxy) is 1. The number of hydrogen-bond acceptors (Lipinski definition) is 3. The predicted octanol–water partition coefficient (Wildman–Crippen LogP) is 3.13. The molecule has 0 aliphatic carbocycles. The van der Waals surface area contributed by atoms with E-state index in [0.29, 0.717) is 0 Å². The van der Waals surface area contributed by atoms with Crippen molar-refractivity contribution < 1.29 is 4.74 Å². The van der Waals surface area contributed by atoms with E-state index in [2.05, 4.69) is 16.5 Å². The second-order valence-electron chi connectivity index (χ2n) is 4.93. The van der Waals surface area contributed by atoms with Gasteiger partial charge in [0.05, 0.1) is 17.5 Å². The van der Waals surface area contributed by atoms with Crippen molar-refractivity contribution in [3.05, 3.63) is 41.7 Å². The minimum absolute atomic E-state index is 0.182. The van der Waals surface area contributed by atoms with Gasteiger partial charge in [-0.1, -0.05) is 18.2 Å². The van der Waals surface area contributed by atoms with Crippen LogP contribution in [0.1, 0.15) is 25.1 Å². The van der Waals surface area contributed by atoms with Gasteiger partial charge in [-0.25, -0.2) is 0 Å². The van der Waals surface area contributed by atoms with E-state index < -0.39 is 0 Å². The highest BCUT2D eigenvalue weighted by Crippen LogP contribution is 2.21. The summed E-state index contributed by atoms with van der Waals surface area (Å²) in [6.07, 6.45) is 2.17. The number of rotatable bonds is 5. The van der Waals surface area contributed by atoms with Crippen molar-refractivity contribution in [2.45, 2.75) is 33.4 Å². The molecule has 0 atom stereocenters. The van der Waals surface area contributed by atoms with Crippen LogP contribution in [0.5, 0.6) is 5.75 Å². The highest BCUT2D eigenvalue weighted by Gasteiger charge is 2.07. The molecule has 1 heterocycles. The zero-order valence-electron chi connectivity index (χ0n) is 12.0. The summed E-state index contributed by atoms with van der Waals surface area (Å²) in [5.74, 6) is 0.937. The Labute approximate surface area is 114 Å². The molecule has 0 aliphatic heterocycles. The summed E-state index contributed by atoms with van der Waals surface area (Å²) in [6, 6.07) is 8.11. The average Bonchev–Trinajstić information content (AvgIpc) is 2.66. The van der Waals surface area contributed by atoms with Crippen LogP contribution < -0.4 is 10.1 Å². The summed E-state index contributed by atoms with van der Waals surface area (Å²) in [5, 5.41) is 7.72. The van der Waals surface area contributed by atoms with E-state index in [9.17, 15) is 0 Å². The topological polar surface area (TPSA) is 39.1 Å². The molecular weight excluding hydrogens is 238 g/mol. The Bertz CT molecular complexity index is 546. The monoisotopic (exact) mass is 259 g/mol. The van der Waals surface area contributed by atoms with Gasteiger partial charge in [0, 0.05) is 25.4 Å². The van der Waals surface area contributed by atoms with Gasteiger partial charge in [-0.2, -0.15) is 5.10 Å². The van der Waals surface area contributed by atoms with Crippen LogP contribution in [0.15, 0.2) is 30.5 Å². The quantitative estimate of drug-likeness (QED) is 0.896. The molecule has 1 N–H and O–H groups in total. The fourth-order valence-electron chi connectivity index (χ4n) is 1.98. The third kappa shape index (κ3) is 3.50. The van der Waals surface area contributed by atoms with Gasteiger partial charge in [0.15, 0.2) is 0 Å². The minimum Gasteiger partial charge on any atom is -0.491 e. The van der Waals surface area contributed by atoms with Crippen LogP contribution in [0.3, 0.4) is 0 Å². The van der Waals surface area contributed by atoms with Crippen LogP contribution in [0.25, 0.3) is 0 Å². The smallest absolute Gasteiger partial charge is 0.124 e. The maximum atomic E-state index is 5.81. The van der Waals surface area contributed by atoms with Crippen molar-refractivity contribution in [2.75, 3.05) is 5.32 Å². The fraction of sp³-hybridized carbons (Fsp3) is 0.400. The highest BCUT2D eigenvalue weighted by molar-refractivity contribution is 5.47. The van der Waals surface area contributed by atoms with E-state index in [0.717, 1.165) is 29.2 Å². The number of nitrogens with zero attached hydrogens (tertiary/aromatic N) is 2. The first-order valence-corrected chi connectivity index (χ1v) is 6.55. The number of hydrogen-bond donors (Lipinski definition) is 1. The summed E-state index contributed by atoms with van der Waals surface area (Å²) < 4.78 is 7.62. The summed E-state index contributed by atoms with van der Waals surface area (Å²) in [5.41, 5.74) is 3.21. The number of anilines is 1. The van der Waals surface area contributed by atoms with Crippen molar-refractivity contribution in [1.29, 1.82) is 0 Å². The van der Waals surface area contributed by atoms with Crippen LogP contribution in [0.4, 0.5) is 5.69 Å². The SMILES string of the molecule is Cc1nn(C)cc1NCc1ccccc1OC(C)C. The molecule has 0 bridgehead atoms. The third-order valence-electron chi connectivity index (χ3n) is 2.82. The van der Waals surface area contributed by atoms with Gasteiger partial charge in [0.1, 0.15) is 5.75 Å². The molecule has 1 aromatic heterocycles. The molecule has 0 aliphatic rings. The molecule has 4 nitrogen and oxygen atoms in total. The fourth-order valence-corrected chi connectivity index (χ4v) is 1.98. The maximum Gasteiger partial charge on any atom is 0.124 e. The minimum atomic E-state index is 0.182. The Balaban J connectivity index is 2.09. The van der Waals surface area contributed by atoms with Crippen molar-refractivity contribution in [3.63, 3.8) is 0 Å². The van der Waals surface area contributed by atoms with Crippen molar-refractivity contribution in [1.82, 2.24) is 9.78 Å². The molecule has 0 spiro atoms. The van der Waals surface area contributed by atoms with Gasteiger partial charge < -0.3 is 10.1 Å². The van der Waals surface area contributed by atoms with E-state index in [-0.39, 0.29) is 6.10 Å². The van der Waals surface area contributed by atoms with E-state index in [1.165, 1.54) is 0 Å².